The van der Waals surface area contributed by atoms with Crippen molar-refractivity contribution >= 4 is 30.8 Å². The van der Waals surface area contributed by atoms with E-state index < -0.39 is 9.84 Å². The van der Waals surface area contributed by atoms with Crippen LogP contribution in [0.2, 0.25) is 0 Å². The Morgan fingerprint density at radius 2 is 2.18 bits per heavy atom. The largest absolute Gasteiger partial charge is 0.508 e. The van der Waals surface area contributed by atoms with Gasteiger partial charge in [-0.3, -0.25) is 0 Å². The summed E-state index contributed by atoms with van der Waals surface area (Å²) in [7, 11) is -3.51. The molecule has 0 aliphatic carbocycles. The minimum atomic E-state index is -3.51. The average Bonchev–Trinajstić information content (AvgIpc) is 2.52. The van der Waals surface area contributed by atoms with E-state index in [0.29, 0.717) is 5.75 Å². The zero-order valence-electron chi connectivity index (χ0n) is 8.50. The van der Waals surface area contributed by atoms with Gasteiger partial charge in [-0.1, -0.05) is 6.07 Å². The average molecular weight is 318 g/mol. The Kier molecular flexibility index (Phi) is 3.21. The molecule has 0 radical (unpaired) electrons. The highest BCUT2D eigenvalue weighted by Crippen LogP contribution is 2.24. The van der Waals surface area contributed by atoms with Crippen LogP contribution in [0, 0.1) is 0 Å². The van der Waals surface area contributed by atoms with Crippen LogP contribution in [0.15, 0.2) is 39.3 Å². The lowest BCUT2D eigenvalue weighted by Crippen LogP contribution is -2.19. The summed E-state index contributed by atoms with van der Waals surface area (Å²) < 4.78 is 28.5. The highest BCUT2D eigenvalue weighted by molar-refractivity contribution is 9.14. The number of sulfone groups is 1. The fraction of sp³-hybridized carbons (Fsp3) is 0.100. The molecule has 1 aromatic rings. The van der Waals surface area contributed by atoms with Gasteiger partial charge in [-0.2, -0.15) is 0 Å². The normalized spacial score (nSPS) is 17.5. The third kappa shape index (κ3) is 2.50. The molecule has 1 heterocycles. The number of aliphatic imine (C=N–C) groups is 1. The summed E-state index contributed by atoms with van der Waals surface area (Å²) in [6.45, 7) is -0.169. The molecule has 5 nitrogen and oxygen atoms in total. The third-order valence-electron chi connectivity index (χ3n) is 2.06. The van der Waals surface area contributed by atoms with Crippen LogP contribution in [-0.2, 0) is 9.84 Å². The Hall–Kier alpha value is -1.34. The van der Waals surface area contributed by atoms with Crippen molar-refractivity contribution in [2.45, 2.75) is 0 Å². The second kappa shape index (κ2) is 4.50. The lowest BCUT2D eigenvalue weighted by Gasteiger charge is -2.06. The minimum absolute atomic E-state index is 0.0273. The van der Waals surface area contributed by atoms with Gasteiger partial charge in [0.1, 0.15) is 21.9 Å². The third-order valence-corrected chi connectivity index (χ3v) is 5.00. The van der Waals surface area contributed by atoms with Gasteiger partial charge in [0.2, 0.25) is 9.84 Å². The molecular formula is C10H8BrNO4S. The number of nitrogens with zero attached hydrogens (tertiary/aromatic N) is 1. The van der Waals surface area contributed by atoms with E-state index in [1.807, 2.05) is 0 Å². The molecule has 17 heavy (non-hydrogen) atoms. The molecule has 0 saturated heterocycles. The van der Waals surface area contributed by atoms with Crippen molar-refractivity contribution in [1.82, 2.24) is 0 Å². The van der Waals surface area contributed by atoms with Gasteiger partial charge >= 0.3 is 0 Å². The van der Waals surface area contributed by atoms with Crippen LogP contribution in [0.5, 0.6) is 11.5 Å². The molecule has 7 heteroatoms. The van der Waals surface area contributed by atoms with Crippen LogP contribution >= 0.6 is 15.9 Å². The highest BCUT2D eigenvalue weighted by Gasteiger charge is 2.28. The summed E-state index contributed by atoms with van der Waals surface area (Å²) in [4.78, 5) is 3.74. The summed E-state index contributed by atoms with van der Waals surface area (Å²) in [6.07, 6.45) is 1.22. The predicted octanol–water partition coefficient (Wildman–Crippen LogP) is 1.79. The van der Waals surface area contributed by atoms with Gasteiger partial charge in [0, 0.05) is 6.07 Å². The number of benzene rings is 1. The Labute approximate surface area is 106 Å². The van der Waals surface area contributed by atoms with E-state index in [1.165, 1.54) is 18.3 Å². The van der Waals surface area contributed by atoms with Crippen LogP contribution in [-0.4, -0.2) is 25.2 Å². The van der Waals surface area contributed by atoms with E-state index in [2.05, 4.69) is 20.9 Å². The summed E-state index contributed by atoms with van der Waals surface area (Å²) >= 11 is 2.90. The zero-order valence-corrected chi connectivity index (χ0v) is 10.9. The second-order valence-corrected chi connectivity index (χ2v) is 6.54. The molecule has 0 unspecified atom stereocenters. The molecule has 0 amide bonds. The molecular weight excluding hydrogens is 310 g/mol. The predicted molar refractivity (Wildman–Crippen MR) is 67.0 cm³/mol. The van der Waals surface area contributed by atoms with Gasteiger partial charge < -0.3 is 9.84 Å². The number of phenolic OH excluding ortho intramolecular Hbond substituents is 1. The number of ether oxygens (including phenoxy) is 1. The molecule has 1 aliphatic heterocycles. The number of halogens is 1. The van der Waals surface area contributed by atoms with Crippen molar-refractivity contribution < 1.29 is 18.3 Å². The number of phenols is 1. The van der Waals surface area contributed by atoms with E-state index >= 15 is 0 Å². The van der Waals surface area contributed by atoms with Crippen molar-refractivity contribution in [2.75, 3.05) is 6.61 Å². The SMILES string of the molecule is O=S1(=O)C(Br)=CN=C1COc1cccc(O)c1. The van der Waals surface area contributed by atoms with Crippen molar-refractivity contribution in [1.29, 1.82) is 0 Å². The molecule has 90 valence electrons. The molecule has 1 aromatic carbocycles. The first-order valence-corrected chi connectivity index (χ1v) is 6.87. The molecule has 0 fully saturated rings. The van der Waals surface area contributed by atoms with Gasteiger partial charge in [-0.15, -0.1) is 0 Å². The summed E-state index contributed by atoms with van der Waals surface area (Å²) in [5, 5.41) is 9.14. The molecule has 0 aromatic heterocycles. The number of hydrogen-bond donors (Lipinski definition) is 1. The molecule has 0 bridgehead atoms. The van der Waals surface area contributed by atoms with E-state index in [-0.39, 0.29) is 21.2 Å². The lowest BCUT2D eigenvalue weighted by atomic mass is 10.3. The Balaban J connectivity index is 2.07. The fourth-order valence-electron chi connectivity index (χ4n) is 1.21. The van der Waals surface area contributed by atoms with Gasteiger partial charge in [0.15, 0.2) is 5.04 Å². The maximum atomic E-state index is 11.6. The molecule has 0 atom stereocenters. The first-order valence-electron chi connectivity index (χ1n) is 4.59. The topological polar surface area (TPSA) is 76.0 Å². The smallest absolute Gasteiger partial charge is 0.231 e. The quantitative estimate of drug-likeness (QED) is 0.922. The van der Waals surface area contributed by atoms with Gasteiger partial charge in [0.25, 0.3) is 0 Å². The molecule has 2 rings (SSSR count). The minimum Gasteiger partial charge on any atom is -0.508 e. The number of rotatable bonds is 3. The summed E-state index contributed by atoms with van der Waals surface area (Å²) in [6, 6.07) is 6.10. The van der Waals surface area contributed by atoms with Crippen molar-refractivity contribution in [3.63, 3.8) is 0 Å². The maximum Gasteiger partial charge on any atom is 0.231 e. The van der Waals surface area contributed by atoms with Gasteiger partial charge in [-0.05, 0) is 28.1 Å². The van der Waals surface area contributed by atoms with E-state index in [9.17, 15) is 13.5 Å². The first kappa shape index (κ1) is 12.1. The Morgan fingerprint density at radius 1 is 1.41 bits per heavy atom. The Bertz CT molecular complexity index is 606. The molecule has 1 N–H and O–H groups in total. The standard InChI is InChI=1S/C10H8BrNO4S/c11-9-5-12-10(17(9,14)15)6-16-8-3-1-2-7(13)4-8/h1-5,13H,6H2. The van der Waals surface area contributed by atoms with Crippen LogP contribution < -0.4 is 4.74 Å². The first-order chi connectivity index (χ1) is 8.00. The molecule has 0 spiro atoms. The van der Waals surface area contributed by atoms with Crippen molar-refractivity contribution in [2.24, 2.45) is 4.99 Å². The fourth-order valence-corrected chi connectivity index (χ4v) is 2.69. The van der Waals surface area contributed by atoms with E-state index in [4.69, 9.17) is 4.74 Å². The van der Waals surface area contributed by atoms with Crippen molar-refractivity contribution in [3.8, 4) is 11.5 Å². The lowest BCUT2D eigenvalue weighted by molar-refractivity contribution is 0.374. The van der Waals surface area contributed by atoms with E-state index in [0.717, 1.165) is 0 Å². The van der Waals surface area contributed by atoms with E-state index in [1.54, 1.807) is 12.1 Å². The number of hydrogen-bond acceptors (Lipinski definition) is 5. The second-order valence-electron chi connectivity index (χ2n) is 3.25. The van der Waals surface area contributed by atoms with Crippen LogP contribution in [0.25, 0.3) is 0 Å². The van der Waals surface area contributed by atoms with Crippen LogP contribution in [0.4, 0.5) is 0 Å². The van der Waals surface area contributed by atoms with Gasteiger partial charge in [-0.25, -0.2) is 13.4 Å². The van der Waals surface area contributed by atoms with Gasteiger partial charge in [0.05, 0.1) is 6.20 Å². The maximum absolute atomic E-state index is 11.6. The Morgan fingerprint density at radius 3 is 2.76 bits per heavy atom. The zero-order chi connectivity index (χ0) is 12.5. The number of aromatic hydroxyl groups is 1. The summed E-state index contributed by atoms with van der Waals surface area (Å²) in [5.41, 5.74) is 0. The van der Waals surface area contributed by atoms with Crippen LogP contribution in [0.3, 0.4) is 0 Å². The molecule has 0 saturated carbocycles. The summed E-state index contributed by atoms with van der Waals surface area (Å²) in [5.74, 6) is 0.434. The molecule has 1 aliphatic rings. The monoisotopic (exact) mass is 317 g/mol. The van der Waals surface area contributed by atoms with Crippen molar-refractivity contribution in [3.05, 3.63) is 34.3 Å². The highest BCUT2D eigenvalue weighted by atomic mass is 79.9. The van der Waals surface area contributed by atoms with Crippen LogP contribution in [0.1, 0.15) is 0 Å².